The van der Waals surface area contributed by atoms with Gasteiger partial charge in [-0.3, -0.25) is 0 Å². The number of halogens is 2. The summed E-state index contributed by atoms with van der Waals surface area (Å²) in [4.78, 5) is 0. The van der Waals surface area contributed by atoms with Crippen LogP contribution in [0.2, 0.25) is 5.28 Å². The third-order valence-electron chi connectivity index (χ3n) is 0. The molecule has 5 heavy (non-hydrogen) atoms. The Morgan fingerprint density at radius 2 is 1.40 bits per heavy atom. The number of hydrogen-bond acceptors (Lipinski definition) is 0. The molecule has 0 spiro atoms. The van der Waals surface area contributed by atoms with Gasteiger partial charge >= 0.3 is 0 Å². The molecular weight excluding hydrogens is 305 g/mol. The molecule has 0 aliphatic carbocycles. The van der Waals surface area contributed by atoms with Gasteiger partial charge in [0, 0.05) is 0 Å². The fraction of sp³-hybridized carbons (Fsp3) is 1.00. The normalized spacial score (nSPS) is 3.40. The second-order valence-corrected chi connectivity index (χ2v) is 1.22. The lowest BCUT2D eigenvalue weighted by Crippen LogP contribution is -1.41. The summed E-state index contributed by atoms with van der Waals surface area (Å²) in [6.45, 7) is 2.09. The van der Waals surface area contributed by atoms with Gasteiger partial charge in [0.1, 0.15) is 16.3 Å². The van der Waals surface area contributed by atoms with Crippen molar-refractivity contribution in [1.82, 2.24) is 0 Å². The van der Waals surface area contributed by atoms with Gasteiger partial charge < -0.3 is 0 Å². The number of hydrogen-bond donors (Lipinski definition) is 0. The zero-order valence-corrected chi connectivity index (χ0v) is 8.92. The minimum absolute atomic E-state index is 0. The maximum atomic E-state index is 2.58. The summed E-state index contributed by atoms with van der Waals surface area (Å²) in [5.74, 6) is 0. The molecule has 0 aromatic heterocycles. The van der Waals surface area contributed by atoms with Crippen molar-refractivity contribution in [2.75, 3.05) is 0 Å². The molecule has 0 fully saturated rings. The van der Waals surface area contributed by atoms with E-state index in [1.54, 1.807) is 0 Å². The average molecular weight is 312 g/mol. The fourth-order valence-electron chi connectivity index (χ4n) is 0. The fourth-order valence-corrected chi connectivity index (χ4v) is 0. The van der Waals surface area contributed by atoms with E-state index in [0.29, 0.717) is 0 Å². The molecule has 0 nitrogen and oxygen atoms in total. The van der Waals surface area contributed by atoms with Crippen molar-refractivity contribution in [3.8, 4) is 0 Å². The van der Waals surface area contributed by atoms with E-state index in [9.17, 15) is 0 Å². The maximum Gasteiger partial charge on any atom is 0.117 e. The van der Waals surface area contributed by atoms with Crippen LogP contribution in [-0.2, 0) is 0 Å². The van der Waals surface area contributed by atoms with E-state index < -0.39 is 0 Å². The molecule has 0 saturated heterocycles. The van der Waals surface area contributed by atoms with Gasteiger partial charge in [0.15, 0.2) is 0 Å². The standard InChI is InChI=1S/C2H5.Al.2HI/c1-2;;;/h1H2,2H3;;2*1H. The van der Waals surface area contributed by atoms with Gasteiger partial charge in [-0.25, -0.2) is 0 Å². The molecule has 0 aromatic rings. The molecule has 0 aliphatic heterocycles. The Bertz CT molecular complexity index is 7.61. The molecule has 0 aliphatic rings. The highest BCUT2D eigenvalue weighted by Gasteiger charge is 1.37. The highest BCUT2D eigenvalue weighted by Crippen LogP contribution is 1.49. The van der Waals surface area contributed by atoms with Crippen LogP contribution in [0.25, 0.3) is 0 Å². The van der Waals surface area contributed by atoms with Crippen molar-refractivity contribution in [3.05, 3.63) is 0 Å². The highest BCUT2D eigenvalue weighted by molar-refractivity contribution is 14.0. The Labute approximate surface area is 75.6 Å². The first-order valence-corrected chi connectivity index (χ1v) is 1.93. The molecule has 0 bridgehead atoms. The van der Waals surface area contributed by atoms with E-state index in [-0.39, 0.29) is 48.0 Å². The van der Waals surface area contributed by atoms with Crippen molar-refractivity contribution in [2.24, 2.45) is 0 Å². The average Bonchev–Trinajstić information content (AvgIpc) is 0.918. The Balaban J connectivity index is -0.0000000200. The van der Waals surface area contributed by atoms with Crippen LogP contribution >= 0.6 is 48.0 Å². The maximum absolute atomic E-state index is 2.58. The predicted octanol–water partition coefficient (Wildman–Crippen LogP) is 1.83. The van der Waals surface area contributed by atoms with Crippen molar-refractivity contribution in [3.63, 3.8) is 0 Å². The minimum Gasteiger partial charge on any atom is -0.120 e. The summed E-state index contributed by atoms with van der Waals surface area (Å²) in [7, 11) is 0. The van der Waals surface area contributed by atoms with Crippen LogP contribution in [0.3, 0.4) is 0 Å². The summed E-state index contributed by atoms with van der Waals surface area (Å²) in [5.41, 5.74) is 0. The molecule has 0 rings (SSSR count). The second-order valence-electron chi connectivity index (χ2n) is 0.408. The zero-order chi connectivity index (χ0) is 2.71. The number of rotatable bonds is 0. The molecule has 2 radical (unpaired) electrons. The second kappa shape index (κ2) is 16.7. The Morgan fingerprint density at radius 1 is 1.40 bits per heavy atom. The van der Waals surface area contributed by atoms with Gasteiger partial charge in [-0.15, -0.1) is 53.2 Å². The van der Waals surface area contributed by atoms with Crippen LogP contribution < -0.4 is 0 Å². The lowest BCUT2D eigenvalue weighted by molar-refractivity contribution is 1.48. The molecule has 0 saturated carbocycles. The third-order valence-corrected chi connectivity index (χ3v) is 0. The van der Waals surface area contributed by atoms with Crippen LogP contribution in [0, 0.1) is 0 Å². The highest BCUT2D eigenvalue weighted by atomic mass is 127. The Morgan fingerprint density at radius 3 is 1.40 bits per heavy atom. The molecule has 0 unspecified atom stereocenters. The van der Waals surface area contributed by atoms with E-state index in [1.165, 1.54) is 5.28 Å². The van der Waals surface area contributed by atoms with Crippen LogP contribution in [0.1, 0.15) is 6.92 Å². The van der Waals surface area contributed by atoms with Gasteiger partial charge in [0.05, 0.1) is 0 Å². The summed E-state index contributed by atoms with van der Waals surface area (Å²) in [6.07, 6.45) is 0. The van der Waals surface area contributed by atoms with E-state index in [4.69, 9.17) is 0 Å². The molecule has 0 amide bonds. The molecule has 0 heterocycles. The van der Waals surface area contributed by atoms with E-state index in [2.05, 4.69) is 23.2 Å². The third kappa shape index (κ3) is 24.1. The Hall–Kier alpha value is 1.99. The van der Waals surface area contributed by atoms with Crippen LogP contribution in [0.15, 0.2) is 0 Å². The molecule has 0 N–H and O–H groups in total. The molecule has 3 heteroatoms. The van der Waals surface area contributed by atoms with Crippen molar-refractivity contribution < 1.29 is 0 Å². The summed E-state index contributed by atoms with van der Waals surface area (Å²) < 4.78 is 0. The first-order valence-electron chi connectivity index (χ1n) is 1.12. The van der Waals surface area contributed by atoms with Gasteiger partial charge in [-0.05, 0) is 0 Å². The van der Waals surface area contributed by atoms with Gasteiger partial charge in [0.2, 0.25) is 0 Å². The first-order chi connectivity index (χ1) is 1.41. The van der Waals surface area contributed by atoms with E-state index >= 15 is 0 Å². The zero-order valence-electron chi connectivity index (χ0n) is 3.10. The van der Waals surface area contributed by atoms with Crippen molar-refractivity contribution in [1.29, 1.82) is 0 Å². The molecular formula is C2H7AlI2. The molecule has 0 atom stereocenters. The summed E-state index contributed by atoms with van der Waals surface area (Å²) >= 11 is 2.58. The van der Waals surface area contributed by atoms with Crippen molar-refractivity contribution >= 4 is 64.2 Å². The van der Waals surface area contributed by atoms with Crippen LogP contribution in [0.5, 0.6) is 0 Å². The topological polar surface area (TPSA) is 0 Å². The van der Waals surface area contributed by atoms with Crippen LogP contribution in [0.4, 0.5) is 0 Å². The van der Waals surface area contributed by atoms with E-state index in [0.717, 1.165) is 0 Å². The smallest absolute Gasteiger partial charge is 0.117 e. The van der Waals surface area contributed by atoms with Gasteiger partial charge in [0.25, 0.3) is 0 Å². The quantitative estimate of drug-likeness (QED) is 0.473. The first kappa shape index (κ1) is 15.8. The van der Waals surface area contributed by atoms with E-state index in [1.807, 2.05) is 0 Å². The molecule has 32 valence electrons. The van der Waals surface area contributed by atoms with Crippen LogP contribution in [-0.4, -0.2) is 16.3 Å². The monoisotopic (exact) mass is 312 g/mol. The summed E-state index contributed by atoms with van der Waals surface area (Å²) in [6, 6.07) is 0. The van der Waals surface area contributed by atoms with Crippen molar-refractivity contribution in [2.45, 2.75) is 12.2 Å². The van der Waals surface area contributed by atoms with Gasteiger partial charge in [-0.2, -0.15) is 0 Å². The lowest BCUT2D eigenvalue weighted by atomic mass is 11.0. The summed E-state index contributed by atoms with van der Waals surface area (Å²) in [5, 5.41) is 1.17. The lowest BCUT2D eigenvalue weighted by Gasteiger charge is -1.47. The van der Waals surface area contributed by atoms with Gasteiger partial charge in [-0.1, -0.05) is 6.92 Å². The SMILES string of the molecule is C[CH2][Al].I.I. The Kier molecular flexibility index (Phi) is 52.5. The largest absolute Gasteiger partial charge is 0.120 e. The minimum atomic E-state index is 0. The molecule has 0 aromatic carbocycles. The predicted molar refractivity (Wildman–Crippen MR) is 47.1 cm³/mol.